The molecule has 0 atom stereocenters. The maximum Gasteiger partial charge on any atom is 0.153 e. The molecule has 2 aromatic carbocycles. The van der Waals surface area contributed by atoms with Crippen LogP contribution in [0.1, 0.15) is 11.1 Å². The Morgan fingerprint density at radius 2 is 2.07 bits per heavy atom. The molecule has 0 spiro atoms. The maximum absolute atomic E-state index is 13.4. The summed E-state index contributed by atoms with van der Waals surface area (Å²) in [6.45, 7) is 0.466. The first-order chi connectivity index (χ1) is 13.1. The highest BCUT2D eigenvalue weighted by Crippen LogP contribution is 2.25. The molecule has 2 aromatic heterocycles. The van der Waals surface area contributed by atoms with Crippen molar-refractivity contribution in [3.63, 3.8) is 0 Å². The van der Waals surface area contributed by atoms with E-state index in [1.165, 1.54) is 18.5 Å². The molecule has 4 aromatic rings. The van der Waals surface area contributed by atoms with Crippen LogP contribution in [0, 0.1) is 17.1 Å². The predicted octanol–water partition coefficient (Wildman–Crippen LogP) is 4.28. The summed E-state index contributed by atoms with van der Waals surface area (Å²) in [6, 6.07) is 14.1. The van der Waals surface area contributed by atoms with Gasteiger partial charge in [-0.15, -0.1) is 0 Å². The summed E-state index contributed by atoms with van der Waals surface area (Å²) in [7, 11) is 0. The number of nitrogens with one attached hydrogen (secondary N) is 1. The second-order valence-corrected chi connectivity index (χ2v) is 6.19. The normalized spacial score (nSPS) is 10.7. The van der Waals surface area contributed by atoms with Gasteiger partial charge in [-0.05, 0) is 35.9 Å². The smallest absolute Gasteiger partial charge is 0.153 e. The van der Waals surface area contributed by atoms with Gasteiger partial charge in [-0.3, -0.25) is 4.68 Å². The van der Waals surface area contributed by atoms with Crippen molar-refractivity contribution in [3.05, 3.63) is 77.1 Å². The van der Waals surface area contributed by atoms with Gasteiger partial charge < -0.3 is 5.32 Å². The van der Waals surface area contributed by atoms with E-state index in [0.29, 0.717) is 12.4 Å². The molecule has 0 amide bonds. The molecule has 4 rings (SSSR count). The quantitative estimate of drug-likeness (QED) is 0.536. The van der Waals surface area contributed by atoms with Crippen LogP contribution in [0.25, 0.3) is 10.9 Å². The van der Waals surface area contributed by atoms with Crippen LogP contribution >= 0.6 is 11.6 Å². The molecule has 132 valence electrons. The number of anilines is 2. The molecule has 0 aliphatic heterocycles. The Kier molecular flexibility index (Phi) is 4.40. The van der Waals surface area contributed by atoms with Crippen LogP contribution in [0.4, 0.5) is 15.9 Å². The highest BCUT2D eigenvalue weighted by molar-refractivity contribution is 6.30. The average Bonchev–Trinajstić information content (AvgIpc) is 3.04. The van der Waals surface area contributed by atoms with E-state index >= 15 is 0 Å². The van der Waals surface area contributed by atoms with Gasteiger partial charge in [0.15, 0.2) is 11.0 Å². The topological polar surface area (TPSA) is 79.4 Å². The number of benzene rings is 2. The Morgan fingerprint density at radius 3 is 2.89 bits per heavy atom. The van der Waals surface area contributed by atoms with Crippen LogP contribution in [0.15, 0.2) is 55.0 Å². The van der Waals surface area contributed by atoms with E-state index in [2.05, 4.69) is 20.4 Å². The van der Waals surface area contributed by atoms with Crippen LogP contribution in [0.5, 0.6) is 0 Å². The van der Waals surface area contributed by atoms with E-state index in [4.69, 9.17) is 11.6 Å². The van der Waals surface area contributed by atoms with Crippen molar-refractivity contribution >= 4 is 34.0 Å². The Labute approximate surface area is 158 Å². The minimum atomic E-state index is -0.271. The zero-order chi connectivity index (χ0) is 18.8. The zero-order valence-corrected chi connectivity index (χ0v) is 14.7. The molecule has 0 aliphatic carbocycles. The molecule has 0 radical (unpaired) electrons. The second-order valence-electron chi connectivity index (χ2n) is 5.83. The van der Waals surface area contributed by atoms with Gasteiger partial charge >= 0.3 is 0 Å². The fourth-order valence-corrected chi connectivity index (χ4v) is 2.97. The summed E-state index contributed by atoms with van der Waals surface area (Å²) in [5.74, 6) is 0.0660. The molecule has 6 nitrogen and oxygen atoms in total. The van der Waals surface area contributed by atoms with Crippen molar-refractivity contribution in [2.45, 2.75) is 6.54 Å². The van der Waals surface area contributed by atoms with Gasteiger partial charge in [-0.1, -0.05) is 23.7 Å². The summed E-state index contributed by atoms with van der Waals surface area (Å²) in [5, 5.41) is 17.7. The molecule has 0 bridgehead atoms. The van der Waals surface area contributed by atoms with E-state index < -0.39 is 0 Å². The van der Waals surface area contributed by atoms with E-state index in [-0.39, 0.29) is 16.5 Å². The van der Waals surface area contributed by atoms with Crippen molar-refractivity contribution in [3.8, 4) is 6.07 Å². The van der Waals surface area contributed by atoms with Gasteiger partial charge in [0.2, 0.25) is 0 Å². The summed E-state index contributed by atoms with van der Waals surface area (Å²) in [5.41, 5.74) is 2.66. The third-order valence-corrected chi connectivity index (χ3v) is 4.33. The summed E-state index contributed by atoms with van der Waals surface area (Å²) in [4.78, 5) is 7.87. The van der Waals surface area contributed by atoms with Gasteiger partial charge in [0.05, 0.1) is 18.3 Å². The fraction of sp³-hybridized carbons (Fsp3) is 0.0526. The number of nitrogens with zero attached hydrogens (tertiary/aromatic N) is 5. The second kappa shape index (κ2) is 7.02. The van der Waals surface area contributed by atoms with Crippen molar-refractivity contribution in [2.75, 3.05) is 5.32 Å². The number of rotatable bonds is 4. The van der Waals surface area contributed by atoms with Gasteiger partial charge in [0.1, 0.15) is 23.8 Å². The standard InChI is InChI=1S/C19H12ClFN6/c20-18-16(8-22)19(24-11-23-18)26-15-4-5-17-13(7-15)9-25-27(17)10-12-2-1-3-14(21)6-12/h1-7,9,11H,10H2,(H,23,24,26). The van der Waals surface area contributed by atoms with Crippen molar-refractivity contribution in [1.29, 1.82) is 5.26 Å². The molecular formula is C19H12ClFN6. The SMILES string of the molecule is N#Cc1c(Cl)ncnc1Nc1ccc2c(cnn2Cc2cccc(F)c2)c1. The third-order valence-electron chi connectivity index (χ3n) is 4.04. The zero-order valence-electron chi connectivity index (χ0n) is 13.9. The lowest BCUT2D eigenvalue weighted by molar-refractivity contribution is 0.621. The minimum absolute atomic E-state index is 0.0963. The van der Waals surface area contributed by atoms with Crippen LogP contribution in [0.2, 0.25) is 5.15 Å². The largest absolute Gasteiger partial charge is 0.339 e. The third kappa shape index (κ3) is 3.43. The van der Waals surface area contributed by atoms with Gasteiger partial charge in [-0.2, -0.15) is 10.4 Å². The molecule has 0 aliphatic rings. The number of hydrogen-bond acceptors (Lipinski definition) is 5. The van der Waals surface area contributed by atoms with Gasteiger partial charge in [0.25, 0.3) is 0 Å². The van der Waals surface area contributed by atoms with Crippen molar-refractivity contribution in [1.82, 2.24) is 19.7 Å². The molecule has 2 heterocycles. The van der Waals surface area contributed by atoms with Crippen LogP contribution in [-0.4, -0.2) is 19.7 Å². The van der Waals surface area contributed by atoms with Crippen LogP contribution in [0.3, 0.4) is 0 Å². The molecule has 0 saturated carbocycles. The molecule has 0 saturated heterocycles. The lowest BCUT2D eigenvalue weighted by Crippen LogP contribution is -2.02. The summed E-state index contributed by atoms with van der Waals surface area (Å²) < 4.78 is 15.2. The number of halogens is 2. The van der Waals surface area contributed by atoms with E-state index in [0.717, 1.165) is 22.2 Å². The van der Waals surface area contributed by atoms with Crippen molar-refractivity contribution in [2.24, 2.45) is 0 Å². The first kappa shape index (κ1) is 16.9. The molecule has 27 heavy (non-hydrogen) atoms. The van der Waals surface area contributed by atoms with E-state index in [1.54, 1.807) is 16.9 Å². The maximum atomic E-state index is 13.4. The summed E-state index contributed by atoms with van der Waals surface area (Å²) >= 11 is 5.93. The van der Waals surface area contributed by atoms with Gasteiger partial charge in [-0.25, -0.2) is 14.4 Å². The first-order valence-corrected chi connectivity index (χ1v) is 8.39. The number of nitriles is 1. The van der Waals surface area contributed by atoms with Gasteiger partial charge in [0, 0.05) is 11.1 Å². The molecule has 1 N–H and O–H groups in total. The number of aromatic nitrogens is 4. The fourth-order valence-electron chi connectivity index (χ4n) is 2.79. The molecule has 0 unspecified atom stereocenters. The Hall–Kier alpha value is -3.50. The Balaban J connectivity index is 1.63. The van der Waals surface area contributed by atoms with Crippen LogP contribution < -0.4 is 5.32 Å². The molecular weight excluding hydrogens is 367 g/mol. The molecule has 8 heteroatoms. The lowest BCUT2D eigenvalue weighted by Gasteiger charge is -2.08. The predicted molar refractivity (Wildman–Crippen MR) is 100 cm³/mol. The lowest BCUT2D eigenvalue weighted by atomic mass is 10.2. The van der Waals surface area contributed by atoms with E-state index in [9.17, 15) is 9.65 Å². The first-order valence-electron chi connectivity index (χ1n) is 8.01. The number of hydrogen-bond donors (Lipinski definition) is 1. The molecule has 0 fully saturated rings. The minimum Gasteiger partial charge on any atom is -0.339 e. The highest BCUT2D eigenvalue weighted by atomic mass is 35.5. The Morgan fingerprint density at radius 1 is 1.19 bits per heavy atom. The Bertz CT molecular complexity index is 1180. The monoisotopic (exact) mass is 378 g/mol. The van der Waals surface area contributed by atoms with E-state index in [1.807, 2.05) is 30.3 Å². The average molecular weight is 379 g/mol. The summed E-state index contributed by atoms with van der Waals surface area (Å²) in [6.07, 6.45) is 3.03. The highest BCUT2D eigenvalue weighted by Gasteiger charge is 2.11. The van der Waals surface area contributed by atoms with Crippen LogP contribution in [-0.2, 0) is 6.54 Å². The van der Waals surface area contributed by atoms with Crippen molar-refractivity contribution < 1.29 is 4.39 Å². The number of fused-ring (bicyclic) bond motifs is 1.